The Hall–Kier alpha value is -1.88. The van der Waals surface area contributed by atoms with Crippen molar-refractivity contribution in [3.05, 3.63) is 29.5 Å². The molecule has 0 unspecified atom stereocenters. The number of nitrogens with one attached hydrogen (secondary N) is 1. The predicted octanol–water partition coefficient (Wildman–Crippen LogP) is 2.16. The zero-order valence-electron chi connectivity index (χ0n) is 9.85. The van der Waals surface area contributed by atoms with Crippen molar-refractivity contribution in [3.63, 3.8) is 0 Å². The van der Waals surface area contributed by atoms with Crippen LogP contribution in [-0.4, -0.2) is 34.5 Å². The summed E-state index contributed by atoms with van der Waals surface area (Å²) in [6.07, 6.45) is 1.98. The Morgan fingerprint density at radius 3 is 2.89 bits per heavy atom. The highest BCUT2D eigenvalue weighted by Crippen LogP contribution is 2.29. The van der Waals surface area contributed by atoms with Gasteiger partial charge in [0.1, 0.15) is 0 Å². The summed E-state index contributed by atoms with van der Waals surface area (Å²) in [5.41, 5.74) is 2.04. The highest BCUT2D eigenvalue weighted by molar-refractivity contribution is 6.01. The van der Waals surface area contributed by atoms with E-state index in [2.05, 4.69) is 10.2 Å². The van der Waals surface area contributed by atoms with Crippen LogP contribution in [0.3, 0.4) is 0 Å². The minimum Gasteiger partial charge on any atom is -0.476 e. The average molecular weight is 246 g/mol. The van der Waals surface area contributed by atoms with Gasteiger partial charge in [0.2, 0.25) is 0 Å². The van der Waals surface area contributed by atoms with E-state index in [-0.39, 0.29) is 5.69 Å². The van der Waals surface area contributed by atoms with E-state index in [0.717, 1.165) is 31.6 Å². The van der Waals surface area contributed by atoms with Crippen LogP contribution in [0.4, 0.5) is 0 Å². The van der Waals surface area contributed by atoms with Gasteiger partial charge in [0.15, 0.2) is 5.69 Å². The monoisotopic (exact) mass is 246 g/mol. The first-order chi connectivity index (χ1) is 8.75. The summed E-state index contributed by atoms with van der Waals surface area (Å²) in [5, 5.41) is 16.3. The summed E-state index contributed by atoms with van der Waals surface area (Å²) in [6.45, 7) is 1.56. The number of H-pyrrole nitrogens is 1. The lowest BCUT2D eigenvalue weighted by Gasteiger charge is -2.22. The predicted molar refractivity (Wildman–Crippen MR) is 65.8 cm³/mol. The standard InChI is InChI=1S/C13H14N2O3/c16-13(17)12-10-7-9(1-2-11(10)14-15-12)8-3-5-18-6-4-8/h1-2,7-8H,3-6H2,(H,14,15)(H,16,17). The van der Waals surface area contributed by atoms with Crippen LogP contribution in [0.1, 0.15) is 34.8 Å². The lowest BCUT2D eigenvalue weighted by molar-refractivity contribution is 0.0692. The largest absolute Gasteiger partial charge is 0.476 e. The summed E-state index contributed by atoms with van der Waals surface area (Å²) in [5.74, 6) is -0.537. The molecule has 2 aromatic rings. The van der Waals surface area contributed by atoms with Crippen LogP contribution in [0.25, 0.3) is 10.9 Å². The number of carbonyl (C=O) groups is 1. The van der Waals surface area contributed by atoms with E-state index in [1.807, 2.05) is 18.2 Å². The van der Waals surface area contributed by atoms with Gasteiger partial charge in [-0.2, -0.15) is 5.10 Å². The molecule has 2 heterocycles. The fourth-order valence-electron chi connectivity index (χ4n) is 2.48. The minimum absolute atomic E-state index is 0.0962. The number of ether oxygens (including phenoxy) is 1. The molecule has 1 aliphatic rings. The highest BCUT2D eigenvalue weighted by atomic mass is 16.5. The molecular formula is C13H14N2O3. The van der Waals surface area contributed by atoms with Crippen LogP contribution in [0, 0.1) is 0 Å². The minimum atomic E-state index is -0.995. The Labute approximate surface area is 104 Å². The fourth-order valence-corrected chi connectivity index (χ4v) is 2.48. The van der Waals surface area contributed by atoms with Gasteiger partial charge in [-0.3, -0.25) is 5.10 Å². The van der Waals surface area contributed by atoms with Crippen molar-refractivity contribution in [1.82, 2.24) is 10.2 Å². The zero-order valence-corrected chi connectivity index (χ0v) is 9.85. The third-order valence-corrected chi connectivity index (χ3v) is 3.48. The summed E-state index contributed by atoms with van der Waals surface area (Å²) in [6, 6.07) is 5.89. The maximum atomic E-state index is 11.1. The first kappa shape index (κ1) is 11.2. The van der Waals surface area contributed by atoms with Gasteiger partial charge >= 0.3 is 5.97 Å². The second-order valence-corrected chi connectivity index (χ2v) is 4.57. The van der Waals surface area contributed by atoms with Gasteiger partial charge in [-0.25, -0.2) is 4.79 Å². The number of carboxylic acids is 1. The molecule has 94 valence electrons. The number of hydrogen-bond donors (Lipinski definition) is 2. The van der Waals surface area contributed by atoms with Gasteiger partial charge in [0, 0.05) is 18.6 Å². The molecule has 1 fully saturated rings. The Morgan fingerprint density at radius 1 is 1.39 bits per heavy atom. The summed E-state index contributed by atoms with van der Waals surface area (Å²) >= 11 is 0. The molecule has 0 spiro atoms. The molecule has 0 saturated carbocycles. The van der Waals surface area contributed by atoms with Crippen molar-refractivity contribution in [2.24, 2.45) is 0 Å². The van der Waals surface area contributed by atoms with Gasteiger partial charge < -0.3 is 9.84 Å². The lowest BCUT2D eigenvalue weighted by atomic mass is 9.91. The van der Waals surface area contributed by atoms with Gasteiger partial charge in [-0.1, -0.05) is 6.07 Å². The molecular weight excluding hydrogens is 232 g/mol. The van der Waals surface area contributed by atoms with Gasteiger partial charge in [0.25, 0.3) is 0 Å². The second kappa shape index (κ2) is 4.42. The molecule has 1 saturated heterocycles. The maximum absolute atomic E-state index is 11.1. The molecule has 18 heavy (non-hydrogen) atoms. The van der Waals surface area contributed by atoms with Crippen LogP contribution < -0.4 is 0 Å². The molecule has 0 aliphatic carbocycles. The number of aromatic carboxylic acids is 1. The van der Waals surface area contributed by atoms with Crippen LogP contribution in [0.5, 0.6) is 0 Å². The van der Waals surface area contributed by atoms with Crippen LogP contribution in [0.2, 0.25) is 0 Å². The normalized spacial score (nSPS) is 17.1. The number of hydrogen-bond acceptors (Lipinski definition) is 3. The average Bonchev–Trinajstić information content (AvgIpc) is 2.82. The number of fused-ring (bicyclic) bond motifs is 1. The van der Waals surface area contributed by atoms with E-state index >= 15 is 0 Å². The Balaban J connectivity index is 2.03. The van der Waals surface area contributed by atoms with Crippen molar-refractivity contribution in [1.29, 1.82) is 0 Å². The van der Waals surface area contributed by atoms with E-state index in [0.29, 0.717) is 11.3 Å². The SMILES string of the molecule is O=C(O)c1n[nH]c2ccc(C3CCOCC3)cc12. The van der Waals surface area contributed by atoms with Crippen LogP contribution >= 0.6 is 0 Å². The number of benzene rings is 1. The van der Waals surface area contributed by atoms with Gasteiger partial charge in [0.05, 0.1) is 5.52 Å². The molecule has 5 heteroatoms. The second-order valence-electron chi connectivity index (χ2n) is 4.57. The molecule has 0 atom stereocenters. The van der Waals surface area contributed by atoms with Crippen molar-refractivity contribution in [2.45, 2.75) is 18.8 Å². The van der Waals surface area contributed by atoms with Gasteiger partial charge in [-0.05, 0) is 36.5 Å². The van der Waals surface area contributed by atoms with Crippen molar-refractivity contribution < 1.29 is 14.6 Å². The fraction of sp³-hybridized carbons (Fsp3) is 0.385. The third-order valence-electron chi connectivity index (χ3n) is 3.48. The van der Waals surface area contributed by atoms with Gasteiger partial charge in [-0.15, -0.1) is 0 Å². The molecule has 0 amide bonds. The summed E-state index contributed by atoms with van der Waals surface area (Å²) < 4.78 is 5.34. The number of nitrogens with zero attached hydrogens (tertiary/aromatic N) is 1. The van der Waals surface area contributed by atoms with E-state index in [9.17, 15) is 4.79 Å². The first-order valence-electron chi connectivity index (χ1n) is 6.05. The maximum Gasteiger partial charge on any atom is 0.357 e. The van der Waals surface area contributed by atoms with Crippen molar-refractivity contribution >= 4 is 16.9 Å². The van der Waals surface area contributed by atoms with Crippen molar-refractivity contribution in [2.75, 3.05) is 13.2 Å². The quantitative estimate of drug-likeness (QED) is 0.851. The van der Waals surface area contributed by atoms with E-state index in [4.69, 9.17) is 9.84 Å². The lowest BCUT2D eigenvalue weighted by Crippen LogP contribution is -2.14. The highest BCUT2D eigenvalue weighted by Gasteiger charge is 2.18. The molecule has 1 aromatic heterocycles. The Morgan fingerprint density at radius 2 is 2.17 bits per heavy atom. The number of aromatic amines is 1. The zero-order chi connectivity index (χ0) is 12.5. The molecule has 3 rings (SSSR count). The molecule has 5 nitrogen and oxygen atoms in total. The molecule has 1 aliphatic heterocycles. The van der Waals surface area contributed by atoms with E-state index in [1.54, 1.807) is 0 Å². The van der Waals surface area contributed by atoms with E-state index in [1.165, 1.54) is 5.56 Å². The van der Waals surface area contributed by atoms with Crippen molar-refractivity contribution in [3.8, 4) is 0 Å². The molecule has 1 aromatic carbocycles. The smallest absolute Gasteiger partial charge is 0.357 e. The Kier molecular flexibility index (Phi) is 2.76. The Bertz CT molecular complexity index is 585. The topological polar surface area (TPSA) is 75.2 Å². The van der Waals surface area contributed by atoms with Crippen LogP contribution in [-0.2, 0) is 4.74 Å². The third kappa shape index (κ3) is 1.86. The summed E-state index contributed by atoms with van der Waals surface area (Å²) in [4.78, 5) is 11.1. The van der Waals surface area contributed by atoms with E-state index < -0.39 is 5.97 Å². The molecule has 2 N–H and O–H groups in total. The number of carboxylic acid groups (broad SMARTS) is 1. The van der Waals surface area contributed by atoms with Crippen LogP contribution in [0.15, 0.2) is 18.2 Å². The molecule has 0 bridgehead atoms. The first-order valence-corrected chi connectivity index (χ1v) is 6.05. The number of rotatable bonds is 2. The summed E-state index contributed by atoms with van der Waals surface area (Å²) in [7, 11) is 0. The molecule has 0 radical (unpaired) electrons. The number of aromatic nitrogens is 2.